The zero-order chi connectivity index (χ0) is 18.6. The Morgan fingerprint density at radius 2 is 1.89 bits per heavy atom. The molecule has 1 unspecified atom stereocenters. The Hall–Kier alpha value is -3.05. The number of benzene rings is 1. The van der Waals surface area contributed by atoms with Gasteiger partial charge in [-0.05, 0) is 30.7 Å². The molecule has 3 aromatic heterocycles. The van der Waals surface area contributed by atoms with Gasteiger partial charge in [0.15, 0.2) is 5.65 Å². The van der Waals surface area contributed by atoms with E-state index >= 15 is 0 Å². The fourth-order valence-corrected chi connectivity index (χ4v) is 3.59. The van der Waals surface area contributed by atoms with Crippen LogP contribution in [0.25, 0.3) is 16.8 Å². The van der Waals surface area contributed by atoms with E-state index in [-0.39, 0.29) is 0 Å². The van der Waals surface area contributed by atoms with Crippen molar-refractivity contribution in [3.8, 4) is 11.1 Å². The Balaban J connectivity index is 1.58. The largest absolute Gasteiger partial charge is 0.295 e. The maximum atomic E-state index is 4.69. The first-order chi connectivity index (χ1) is 13.3. The molecule has 0 spiro atoms. The molecule has 1 aromatic carbocycles. The molecule has 1 atom stereocenters. The van der Waals surface area contributed by atoms with E-state index in [4.69, 9.17) is 0 Å². The molecule has 0 fully saturated rings. The van der Waals surface area contributed by atoms with Crippen LogP contribution in [0, 0.1) is 0 Å². The SMILES string of the molecule is CCC(c1cccnc1)N(C)Cc1cnc2c(-c3ccccc3)cnn2c1. The van der Waals surface area contributed by atoms with Crippen molar-refractivity contribution in [2.75, 3.05) is 7.05 Å². The van der Waals surface area contributed by atoms with Gasteiger partial charge in [0.1, 0.15) is 0 Å². The molecule has 5 heteroatoms. The summed E-state index contributed by atoms with van der Waals surface area (Å²) in [5.41, 5.74) is 5.44. The number of hydrogen-bond donors (Lipinski definition) is 0. The van der Waals surface area contributed by atoms with Crippen molar-refractivity contribution >= 4 is 5.65 Å². The molecule has 0 bridgehead atoms. The van der Waals surface area contributed by atoms with Gasteiger partial charge >= 0.3 is 0 Å². The van der Waals surface area contributed by atoms with E-state index in [9.17, 15) is 0 Å². The summed E-state index contributed by atoms with van der Waals surface area (Å²) in [7, 11) is 2.14. The van der Waals surface area contributed by atoms with E-state index in [0.29, 0.717) is 6.04 Å². The van der Waals surface area contributed by atoms with E-state index in [1.165, 1.54) is 5.56 Å². The molecule has 0 aliphatic rings. The van der Waals surface area contributed by atoms with E-state index in [0.717, 1.165) is 35.3 Å². The molecule has 3 heterocycles. The fraction of sp³-hybridized carbons (Fsp3) is 0.227. The molecule has 0 radical (unpaired) electrons. The van der Waals surface area contributed by atoms with E-state index < -0.39 is 0 Å². The number of fused-ring (bicyclic) bond motifs is 1. The van der Waals surface area contributed by atoms with Crippen LogP contribution in [0.4, 0.5) is 0 Å². The molecular weight excluding hydrogens is 334 g/mol. The summed E-state index contributed by atoms with van der Waals surface area (Å²) in [5, 5.41) is 4.51. The van der Waals surface area contributed by atoms with Gasteiger partial charge in [-0.2, -0.15) is 5.10 Å². The van der Waals surface area contributed by atoms with Crippen molar-refractivity contribution in [3.05, 3.63) is 84.6 Å². The number of aromatic nitrogens is 4. The zero-order valence-electron chi connectivity index (χ0n) is 15.7. The van der Waals surface area contributed by atoms with Crippen LogP contribution in [-0.4, -0.2) is 31.5 Å². The molecule has 0 amide bonds. The maximum Gasteiger partial charge on any atom is 0.162 e. The van der Waals surface area contributed by atoms with Crippen LogP contribution in [0.2, 0.25) is 0 Å². The summed E-state index contributed by atoms with van der Waals surface area (Å²) in [6, 6.07) is 14.7. The van der Waals surface area contributed by atoms with Crippen LogP contribution in [0.15, 0.2) is 73.4 Å². The first-order valence-electron chi connectivity index (χ1n) is 9.24. The summed E-state index contributed by atoms with van der Waals surface area (Å²) >= 11 is 0. The monoisotopic (exact) mass is 357 g/mol. The van der Waals surface area contributed by atoms with Gasteiger partial charge in [-0.1, -0.05) is 43.3 Å². The van der Waals surface area contributed by atoms with E-state index in [1.54, 1.807) is 0 Å². The maximum absolute atomic E-state index is 4.69. The lowest BCUT2D eigenvalue weighted by Gasteiger charge is -2.27. The van der Waals surface area contributed by atoms with Crippen molar-refractivity contribution in [1.82, 2.24) is 24.5 Å². The van der Waals surface area contributed by atoms with Gasteiger partial charge < -0.3 is 0 Å². The summed E-state index contributed by atoms with van der Waals surface area (Å²) in [6.45, 7) is 3.01. The van der Waals surface area contributed by atoms with Crippen LogP contribution in [0.5, 0.6) is 0 Å². The van der Waals surface area contributed by atoms with Gasteiger partial charge in [-0.15, -0.1) is 0 Å². The molecule has 0 aliphatic heterocycles. The summed E-state index contributed by atoms with van der Waals surface area (Å²) in [4.78, 5) is 11.3. The van der Waals surface area contributed by atoms with Crippen LogP contribution >= 0.6 is 0 Å². The van der Waals surface area contributed by atoms with Crippen LogP contribution in [-0.2, 0) is 6.54 Å². The highest BCUT2D eigenvalue weighted by Crippen LogP contribution is 2.25. The normalized spacial score (nSPS) is 12.6. The van der Waals surface area contributed by atoms with Gasteiger partial charge in [0.2, 0.25) is 0 Å². The topological polar surface area (TPSA) is 46.3 Å². The average Bonchev–Trinajstić information content (AvgIpc) is 3.13. The molecule has 27 heavy (non-hydrogen) atoms. The van der Waals surface area contributed by atoms with Crippen molar-refractivity contribution in [2.24, 2.45) is 0 Å². The van der Waals surface area contributed by atoms with Gasteiger partial charge in [0, 0.05) is 48.5 Å². The van der Waals surface area contributed by atoms with E-state index in [2.05, 4.69) is 58.3 Å². The zero-order valence-corrected chi connectivity index (χ0v) is 15.7. The Labute approximate surface area is 159 Å². The second-order valence-electron chi connectivity index (χ2n) is 6.78. The molecular formula is C22H23N5. The van der Waals surface area contributed by atoms with E-state index in [1.807, 2.05) is 53.6 Å². The predicted molar refractivity (Wildman–Crippen MR) is 107 cm³/mol. The smallest absolute Gasteiger partial charge is 0.162 e. The molecule has 4 aromatic rings. The number of rotatable bonds is 6. The van der Waals surface area contributed by atoms with Gasteiger partial charge in [0.05, 0.1) is 6.20 Å². The minimum atomic E-state index is 0.326. The van der Waals surface area contributed by atoms with Crippen LogP contribution < -0.4 is 0 Å². The third-order valence-corrected chi connectivity index (χ3v) is 4.91. The second-order valence-corrected chi connectivity index (χ2v) is 6.78. The molecule has 5 nitrogen and oxygen atoms in total. The lowest BCUT2D eigenvalue weighted by Crippen LogP contribution is -2.24. The highest BCUT2D eigenvalue weighted by atomic mass is 15.2. The third kappa shape index (κ3) is 3.59. The minimum absolute atomic E-state index is 0.326. The molecule has 0 N–H and O–H groups in total. The summed E-state index contributed by atoms with van der Waals surface area (Å²) < 4.78 is 1.87. The lowest BCUT2D eigenvalue weighted by atomic mass is 10.1. The highest BCUT2D eigenvalue weighted by molar-refractivity contribution is 5.76. The quantitative estimate of drug-likeness (QED) is 0.514. The average molecular weight is 357 g/mol. The molecule has 4 rings (SSSR count). The molecule has 0 aliphatic carbocycles. The molecule has 0 saturated carbocycles. The van der Waals surface area contributed by atoms with Gasteiger partial charge in [-0.3, -0.25) is 9.88 Å². The first kappa shape index (κ1) is 17.4. The van der Waals surface area contributed by atoms with Crippen molar-refractivity contribution in [2.45, 2.75) is 25.9 Å². The Morgan fingerprint density at radius 3 is 2.63 bits per heavy atom. The first-order valence-corrected chi connectivity index (χ1v) is 9.24. The Morgan fingerprint density at radius 1 is 1.04 bits per heavy atom. The summed E-state index contributed by atoms with van der Waals surface area (Å²) in [6.07, 6.45) is 10.7. The highest BCUT2D eigenvalue weighted by Gasteiger charge is 2.16. The summed E-state index contributed by atoms with van der Waals surface area (Å²) in [5.74, 6) is 0. The van der Waals surface area contributed by atoms with Crippen molar-refractivity contribution in [3.63, 3.8) is 0 Å². The molecule has 0 saturated heterocycles. The van der Waals surface area contributed by atoms with Crippen molar-refractivity contribution < 1.29 is 0 Å². The number of hydrogen-bond acceptors (Lipinski definition) is 4. The third-order valence-electron chi connectivity index (χ3n) is 4.91. The number of nitrogens with zero attached hydrogens (tertiary/aromatic N) is 5. The van der Waals surface area contributed by atoms with Crippen LogP contribution in [0.3, 0.4) is 0 Å². The number of pyridine rings is 1. The van der Waals surface area contributed by atoms with Crippen molar-refractivity contribution in [1.29, 1.82) is 0 Å². The molecule has 136 valence electrons. The van der Waals surface area contributed by atoms with Crippen LogP contribution in [0.1, 0.15) is 30.5 Å². The Bertz CT molecular complexity index is 1010. The standard InChI is InChI=1S/C22H23N5/c1-3-21(19-10-7-11-23-13-19)26(2)15-17-12-24-22-20(14-25-27(22)16-17)18-8-5-4-6-9-18/h4-14,16,21H,3,15H2,1-2H3. The second kappa shape index (κ2) is 7.68. The lowest BCUT2D eigenvalue weighted by molar-refractivity contribution is 0.229. The minimum Gasteiger partial charge on any atom is -0.295 e. The Kier molecular flexibility index (Phi) is 4.94. The van der Waals surface area contributed by atoms with Gasteiger partial charge in [0.25, 0.3) is 0 Å². The van der Waals surface area contributed by atoms with Gasteiger partial charge in [-0.25, -0.2) is 9.50 Å². The fourth-order valence-electron chi connectivity index (χ4n) is 3.59. The predicted octanol–water partition coefficient (Wildman–Crippen LogP) is 4.37.